The minimum Gasteiger partial charge on any atom is -0.364 e. The number of benzene rings is 1. The van der Waals surface area contributed by atoms with Crippen molar-refractivity contribution in [3.8, 4) is 10.4 Å². The van der Waals surface area contributed by atoms with Crippen molar-refractivity contribution in [2.75, 3.05) is 6.26 Å². The molecule has 0 spiro atoms. The number of aromatic nitrogens is 1. The van der Waals surface area contributed by atoms with Gasteiger partial charge in [-0.05, 0) is 17.7 Å². The molecule has 2 N–H and O–H groups in total. The second-order valence-electron chi connectivity index (χ2n) is 3.45. The van der Waals surface area contributed by atoms with Crippen LogP contribution in [0.15, 0.2) is 28.6 Å². The highest BCUT2D eigenvalue weighted by Gasteiger charge is 2.18. The standard InChI is InChI=1S/C11H9FN2O2S2/c1-18(16)11-14-8(10(13)15)9(17-11)6-2-4-7(12)5-3-6/h2-5H,1H3,(H2,13,15)/i/hD. The summed E-state index contributed by atoms with van der Waals surface area (Å²) in [4.78, 5) is 16.0. The maximum atomic E-state index is 12.9. The quantitative estimate of drug-likeness (QED) is 0.934. The van der Waals surface area contributed by atoms with E-state index in [1.54, 1.807) is 5.73 Å². The van der Waals surface area contributed by atoms with Crippen LogP contribution in [-0.2, 0) is 10.8 Å². The van der Waals surface area contributed by atoms with E-state index in [1.165, 1.54) is 30.5 Å². The zero-order valence-electron chi connectivity index (χ0n) is 10.3. The monoisotopic (exact) mass is 285 g/mol. The van der Waals surface area contributed by atoms with Crippen LogP contribution in [0.5, 0.6) is 0 Å². The molecule has 4 nitrogen and oxygen atoms in total. The summed E-state index contributed by atoms with van der Waals surface area (Å²) in [6.07, 6.45) is 1.45. The summed E-state index contributed by atoms with van der Waals surface area (Å²) in [5, 5.41) is 0. The number of hydrogen-bond acceptors (Lipinski definition) is 4. The Labute approximate surface area is 111 Å². The van der Waals surface area contributed by atoms with Crippen LogP contribution in [0.2, 0.25) is 1.41 Å². The molecule has 0 radical (unpaired) electrons. The van der Waals surface area contributed by atoms with E-state index in [4.69, 9.17) is 1.41 Å². The topological polar surface area (TPSA) is 73.1 Å². The summed E-state index contributed by atoms with van der Waals surface area (Å²) >= 11 is 1.09. The molecule has 0 saturated heterocycles. The maximum Gasteiger partial charge on any atom is 0.268 e. The number of halogens is 1. The molecule has 1 amide bonds. The lowest BCUT2D eigenvalue weighted by atomic mass is 10.1. The summed E-state index contributed by atoms with van der Waals surface area (Å²) in [6.45, 7) is 0. The lowest BCUT2D eigenvalue weighted by molar-refractivity contribution is 0.0996. The zero-order valence-corrected chi connectivity index (χ0v) is 10.9. The van der Waals surface area contributed by atoms with Crippen LogP contribution >= 0.6 is 11.3 Å². The van der Waals surface area contributed by atoms with Crippen molar-refractivity contribution in [3.05, 3.63) is 35.8 Å². The largest absolute Gasteiger partial charge is 0.364 e. The lowest BCUT2D eigenvalue weighted by Crippen LogP contribution is -2.12. The van der Waals surface area contributed by atoms with Crippen molar-refractivity contribution in [1.29, 1.82) is 0 Å². The lowest BCUT2D eigenvalue weighted by Gasteiger charge is -1.98. The minimum atomic E-state index is -1.32. The third kappa shape index (κ3) is 2.46. The molecule has 0 aliphatic rings. The highest BCUT2D eigenvalue weighted by Crippen LogP contribution is 2.31. The Bertz CT molecular complexity index is 643. The van der Waals surface area contributed by atoms with Gasteiger partial charge in [0, 0.05) is 6.26 Å². The van der Waals surface area contributed by atoms with Crippen LogP contribution in [-0.4, -0.2) is 21.4 Å². The van der Waals surface area contributed by atoms with E-state index in [9.17, 15) is 13.4 Å². The van der Waals surface area contributed by atoms with E-state index in [2.05, 4.69) is 4.98 Å². The summed E-state index contributed by atoms with van der Waals surface area (Å²) in [5.74, 6) is -1.08. The van der Waals surface area contributed by atoms with E-state index in [1.807, 2.05) is 0 Å². The predicted molar refractivity (Wildman–Crippen MR) is 68.4 cm³/mol. The molecule has 1 aromatic carbocycles. The van der Waals surface area contributed by atoms with Crippen LogP contribution in [0.3, 0.4) is 0 Å². The fourth-order valence-electron chi connectivity index (χ4n) is 1.37. The summed E-state index contributed by atoms with van der Waals surface area (Å²) in [6, 6.07) is 5.54. The van der Waals surface area contributed by atoms with Crippen LogP contribution < -0.4 is 5.73 Å². The van der Waals surface area contributed by atoms with Gasteiger partial charge >= 0.3 is 0 Å². The molecular formula is C11H9FN2O2S2. The first-order valence-electron chi connectivity index (χ1n) is 5.35. The fraction of sp³-hybridized carbons (Fsp3) is 0.0909. The van der Waals surface area contributed by atoms with Gasteiger partial charge in [-0.1, -0.05) is 12.1 Å². The van der Waals surface area contributed by atoms with E-state index >= 15 is 0 Å². The molecule has 0 aliphatic carbocycles. The van der Waals surface area contributed by atoms with Crippen molar-refractivity contribution in [3.63, 3.8) is 0 Å². The number of primary amides is 1. The van der Waals surface area contributed by atoms with Crippen molar-refractivity contribution < 1.29 is 14.8 Å². The number of hydrogen-bond donors (Lipinski definition) is 1. The molecule has 1 aromatic heterocycles. The van der Waals surface area contributed by atoms with Crippen molar-refractivity contribution in [1.82, 2.24) is 4.98 Å². The first-order valence-corrected chi connectivity index (χ1v) is 7.22. The van der Waals surface area contributed by atoms with Crippen molar-refractivity contribution in [2.45, 2.75) is 4.34 Å². The molecule has 1 heterocycles. The normalized spacial score (nSPS) is 12.9. The molecule has 2 rings (SSSR count). The predicted octanol–water partition coefficient (Wildman–Crippen LogP) is 1.79. The third-order valence-corrected chi connectivity index (χ3v) is 4.61. The Balaban J connectivity index is 2.57. The van der Waals surface area contributed by atoms with Gasteiger partial charge in [0.2, 0.25) is 0 Å². The molecule has 0 bridgehead atoms. The Morgan fingerprint density at radius 2 is 2.17 bits per heavy atom. The van der Waals surface area contributed by atoms with E-state index in [0.717, 1.165) is 11.3 Å². The molecule has 1 unspecified atom stereocenters. The van der Waals surface area contributed by atoms with Gasteiger partial charge < -0.3 is 5.73 Å². The molecule has 18 heavy (non-hydrogen) atoms. The second-order valence-corrected chi connectivity index (χ2v) is 6.00. The SMILES string of the molecule is [2H]NC(=O)c1nc(S(C)=O)sc1-c1ccc(F)cc1. The number of amides is 1. The molecule has 94 valence electrons. The van der Waals surface area contributed by atoms with Crippen LogP contribution in [0.4, 0.5) is 4.39 Å². The van der Waals surface area contributed by atoms with Crippen LogP contribution in [0, 0.1) is 5.82 Å². The van der Waals surface area contributed by atoms with Gasteiger partial charge in [0.25, 0.3) is 5.91 Å². The smallest absolute Gasteiger partial charge is 0.268 e. The number of nitrogens with zero attached hydrogens (tertiary/aromatic N) is 1. The van der Waals surface area contributed by atoms with Crippen molar-refractivity contribution >= 4 is 28.0 Å². The second kappa shape index (κ2) is 4.95. The number of nitrogens with two attached hydrogens (primary N) is 1. The summed E-state index contributed by atoms with van der Waals surface area (Å²) in [7, 11) is -1.32. The average molecular weight is 285 g/mol. The molecule has 0 saturated carbocycles. The van der Waals surface area contributed by atoms with Gasteiger partial charge in [0.1, 0.15) is 11.5 Å². The molecule has 0 fully saturated rings. The highest BCUT2D eigenvalue weighted by atomic mass is 32.2. The Morgan fingerprint density at radius 3 is 2.72 bits per heavy atom. The van der Waals surface area contributed by atoms with Gasteiger partial charge in [0.15, 0.2) is 5.75 Å². The van der Waals surface area contributed by atoms with Gasteiger partial charge in [0.05, 0.1) is 15.7 Å². The Kier molecular flexibility index (Phi) is 3.16. The van der Waals surface area contributed by atoms with Gasteiger partial charge in [-0.3, -0.25) is 9.00 Å². The molecule has 1 atom stereocenters. The zero-order chi connectivity index (χ0) is 14.0. The molecule has 2 aromatic rings. The Hall–Kier alpha value is -1.60. The van der Waals surface area contributed by atoms with E-state index < -0.39 is 16.7 Å². The van der Waals surface area contributed by atoms with Crippen molar-refractivity contribution in [2.24, 2.45) is 5.73 Å². The number of rotatable bonds is 3. The summed E-state index contributed by atoms with van der Waals surface area (Å²) < 4.78 is 31.5. The number of carbonyl (C=O) groups excluding carboxylic acids is 1. The van der Waals surface area contributed by atoms with Crippen LogP contribution in [0.25, 0.3) is 10.4 Å². The molecule has 0 aliphatic heterocycles. The molecule has 7 heteroatoms. The minimum absolute atomic E-state index is 0.0248. The third-order valence-electron chi connectivity index (χ3n) is 2.17. The fourth-order valence-corrected chi connectivity index (χ4v) is 3.11. The van der Waals surface area contributed by atoms with E-state index in [0.29, 0.717) is 10.4 Å². The highest BCUT2D eigenvalue weighted by molar-refractivity contribution is 7.86. The van der Waals surface area contributed by atoms with Gasteiger partial charge in [-0.2, -0.15) is 0 Å². The first-order chi connectivity index (χ1) is 9.02. The number of carbonyl (C=O) groups is 1. The maximum absolute atomic E-state index is 12.9. The van der Waals surface area contributed by atoms with E-state index in [-0.39, 0.29) is 15.9 Å². The Morgan fingerprint density at radius 1 is 1.50 bits per heavy atom. The number of thiazole rings is 1. The van der Waals surface area contributed by atoms with Gasteiger partial charge in [-0.15, -0.1) is 11.3 Å². The summed E-state index contributed by atoms with van der Waals surface area (Å²) in [5.41, 5.74) is 2.35. The first kappa shape index (κ1) is 11.5. The van der Waals surface area contributed by atoms with Crippen LogP contribution in [0.1, 0.15) is 10.5 Å². The molecular weight excluding hydrogens is 275 g/mol. The van der Waals surface area contributed by atoms with Gasteiger partial charge in [-0.25, -0.2) is 9.37 Å². The average Bonchev–Trinajstić information content (AvgIpc) is 2.84.